The van der Waals surface area contributed by atoms with Crippen molar-refractivity contribution in [2.45, 2.75) is 12.5 Å². The van der Waals surface area contributed by atoms with Crippen molar-refractivity contribution in [3.63, 3.8) is 0 Å². The lowest BCUT2D eigenvalue weighted by molar-refractivity contribution is 0.174. The van der Waals surface area contributed by atoms with Crippen LogP contribution in [-0.4, -0.2) is 38.5 Å². The number of ether oxygens (including phenoxy) is 4. The number of hydrogen-bond acceptors (Lipinski definition) is 5. The van der Waals surface area contributed by atoms with Gasteiger partial charge in [-0.15, -0.1) is 0 Å². The third-order valence-electron chi connectivity index (χ3n) is 6.03. The minimum Gasteiger partial charge on any atom is -0.493 e. The topological polar surface area (TPSA) is 69.3 Å². The number of fused-ring (bicyclic) bond motifs is 2. The van der Waals surface area contributed by atoms with Crippen molar-refractivity contribution in [3.8, 4) is 23.0 Å². The van der Waals surface area contributed by atoms with Gasteiger partial charge in [0.05, 0.1) is 20.3 Å². The quantitative estimate of drug-likeness (QED) is 0.536. The van der Waals surface area contributed by atoms with Gasteiger partial charge in [0.25, 0.3) is 0 Å². The van der Waals surface area contributed by atoms with Crippen LogP contribution in [0.4, 0.5) is 14.9 Å². The van der Waals surface area contributed by atoms with Gasteiger partial charge in [-0.1, -0.05) is 17.7 Å². The molecule has 5 rings (SSSR count). The Labute approximate surface area is 200 Å². The van der Waals surface area contributed by atoms with E-state index < -0.39 is 17.9 Å². The molecule has 176 valence electrons. The highest BCUT2D eigenvalue weighted by Crippen LogP contribution is 2.44. The average Bonchev–Trinajstić information content (AvgIpc) is 3.31. The fourth-order valence-corrected chi connectivity index (χ4v) is 4.68. The van der Waals surface area contributed by atoms with Gasteiger partial charge in [0, 0.05) is 28.9 Å². The summed E-state index contributed by atoms with van der Waals surface area (Å²) in [5, 5.41) is 3.12. The smallest absolute Gasteiger partial charge is 0.322 e. The Bertz CT molecular complexity index is 1250. The fraction of sp³-hybridized carbons (Fsp3) is 0.240. The van der Waals surface area contributed by atoms with E-state index in [1.54, 1.807) is 42.3 Å². The van der Waals surface area contributed by atoms with E-state index >= 15 is 4.39 Å². The monoisotopic (exact) mass is 484 g/mol. The van der Waals surface area contributed by atoms with E-state index in [4.69, 9.17) is 30.5 Å². The lowest BCUT2D eigenvalue weighted by atomic mass is 9.87. The van der Waals surface area contributed by atoms with Crippen LogP contribution in [0, 0.1) is 5.82 Å². The number of nitrogens with one attached hydrogen (secondary N) is 1. The Morgan fingerprint density at radius 3 is 2.62 bits per heavy atom. The van der Waals surface area contributed by atoms with Crippen LogP contribution in [0.25, 0.3) is 0 Å². The molecular weight excluding hydrogens is 463 g/mol. The molecule has 9 heteroatoms. The highest BCUT2D eigenvalue weighted by atomic mass is 35.5. The molecule has 3 aromatic carbocycles. The van der Waals surface area contributed by atoms with Gasteiger partial charge >= 0.3 is 6.03 Å². The molecule has 34 heavy (non-hydrogen) atoms. The number of rotatable bonds is 4. The summed E-state index contributed by atoms with van der Waals surface area (Å²) in [6, 6.07) is 12.1. The van der Waals surface area contributed by atoms with Gasteiger partial charge in [-0.25, -0.2) is 9.18 Å². The molecule has 0 unspecified atom stereocenters. The van der Waals surface area contributed by atoms with Gasteiger partial charge < -0.3 is 29.2 Å². The zero-order valence-corrected chi connectivity index (χ0v) is 19.3. The van der Waals surface area contributed by atoms with Crippen LogP contribution in [0.15, 0.2) is 48.5 Å². The number of halogens is 2. The molecule has 1 atom stereocenters. The molecule has 0 saturated heterocycles. The Balaban J connectivity index is 1.57. The van der Waals surface area contributed by atoms with E-state index in [9.17, 15) is 4.79 Å². The zero-order valence-electron chi connectivity index (χ0n) is 18.6. The molecule has 3 aromatic rings. The SMILES string of the molecule is COc1cc2c(cc1OC)[C@H](c1c(F)cccc1Cl)N(C(=O)Nc1ccc3c(c1)OCO3)CC2. The normalized spacial score (nSPS) is 16.1. The minimum atomic E-state index is -0.772. The largest absolute Gasteiger partial charge is 0.493 e. The van der Waals surface area contributed by atoms with Crippen molar-refractivity contribution in [1.82, 2.24) is 4.90 Å². The molecule has 0 aromatic heterocycles. The number of anilines is 1. The van der Waals surface area contributed by atoms with Crippen molar-refractivity contribution in [1.29, 1.82) is 0 Å². The molecule has 0 fully saturated rings. The summed E-state index contributed by atoms with van der Waals surface area (Å²) in [7, 11) is 3.09. The molecule has 0 saturated carbocycles. The summed E-state index contributed by atoms with van der Waals surface area (Å²) in [5.41, 5.74) is 2.40. The standard InChI is InChI=1S/C25H22ClFN2O5/c1-31-20-10-14-8-9-29(25(30)28-15-6-7-19-22(11-15)34-13-33-19)24(16(14)12-21(20)32-2)23-17(26)4-3-5-18(23)27/h3-7,10-12,24H,8-9,13H2,1-2H3,(H,28,30)/t24-/m1/s1. The first-order valence-corrected chi connectivity index (χ1v) is 11.0. The first-order valence-electron chi connectivity index (χ1n) is 10.7. The number of methoxy groups -OCH3 is 2. The fourth-order valence-electron chi connectivity index (χ4n) is 4.42. The number of carbonyl (C=O) groups excluding carboxylic acids is 1. The second-order valence-corrected chi connectivity index (χ2v) is 8.29. The Morgan fingerprint density at radius 2 is 1.85 bits per heavy atom. The molecule has 2 amide bonds. The third-order valence-corrected chi connectivity index (χ3v) is 6.36. The number of nitrogens with zero attached hydrogens (tertiary/aromatic N) is 1. The van der Waals surface area contributed by atoms with Gasteiger partial charge in [-0.2, -0.15) is 0 Å². The maximum Gasteiger partial charge on any atom is 0.322 e. The number of hydrogen-bond donors (Lipinski definition) is 1. The van der Waals surface area contributed by atoms with E-state index in [1.165, 1.54) is 19.2 Å². The Morgan fingerprint density at radius 1 is 1.09 bits per heavy atom. The first-order chi connectivity index (χ1) is 16.5. The van der Waals surface area contributed by atoms with Crippen LogP contribution in [0.2, 0.25) is 5.02 Å². The zero-order chi connectivity index (χ0) is 23.8. The first kappa shape index (κ1) is 22.2. The highest BCUT2D eigenvalue weighted by molar-refractivity contribution is 6.31. The highest BCUT2D eigenvalue weighted by Gasteiger charge is 2.36. The lowest BCUT2D eigenvalue weighted by Crippen LogP contribution is -2.43. The molecular formula is C25H22ClFN2O5. The van der Waals surface area contributed by atoms with Gasteiger partial charge in [-0.05, 0) is 53.9 Å². The summed E-state index contributed by atoms with van der Waals surface area (Å²) in [6.45, 7) is 0.475. The van der Waals surface area contributed by atoms with Crippen LogP contribution in [-0.2, 0) is 6.42 Å². The molecule has 2 heterocycles. The number of carbonyl (C=O) groups is 1. The maximum atomic E-state index is 15.1. The van der Waals surface area contributed by atoms with Crippen LogP contribution in [0.1, 0.15) is 22.7 Å². The van der Waals surface area contributed by atoms with Crippen LogP contribution in [0.5, 0.6) is 23.0 Å². The summed E-state index contributed by atoms with van der Waals surface area (Å²) in [6.07, 6.45) is 0.548. The lowest BCUT2D eigenvalue weighted by Gasteiger charge is -2.38. The van der Waals surface area contributed by atoms with E-state index in [1.807, 2.05) is 6.07 Å². The van der Waals surface area contributed by atoms with Crippen molar-refractivity contribution in [3.05, 3.63) is 76.1 Å². The van der Waals surface area contributed by atoms with Crippen LogP contribution >= 0.6 is 11.6 Å². The molecule has 7 nitrogen and oxygen atoms in total. The van der Waals surface area contributed by atoms with Gasteiger partial charge in [0.15, 0.2) is 23.0 Å². The van der Waals surface area contributed by atoms with Crippen LogP contribution in [0.3, 0.4) is 0 Å². The van der Waals surface area contributed by atoms with Gasteiger partial charge in [-0.3, -0.25) is 0 Å². The predicted octanol–water partition coefficient (Wildman–Crippen LogP) is 5.40. The van der Waals surface area contributed by atoms with Crippen LogP contribution < -0.4 is 24.3 Å². The molecule has 2 aliphatic rings. The predicted molar refractivity (Wildman–Crippen MR) is 125 cm³/mol. The Hall–Kier alpha value is -3.65. The summed E-state index contributed by atoms with van der Waals surface area (Å²) in [5.74, 6) is 1.71. The third kappa shape index (κ3) is 3.84. The van der Waals surface area contributed by atoms with E-state index in [0.717, 1.165) is 11.1 Å². The molecule has 2 aliphatic heterocycles. The molecule has 0 aliphatic carbocycles. The summed E-state index contributed by atoms with van der Waals surface area (Å²) in [4.78, 5) is 15.1. The van der Waals surface area contributed by atoms with E-state index in [2.05, 4.69) is 5.32 Å². The van der Waals surface area contributed by atoms with Gasteiger partial charge in [0.2, 0.25) is 6.79 Å². The van der Waals surface area contributed by atoms with Crippen molar-refractivity contribution in [2.24, 2.45) is 0 Å². The second-order valence-electron chi connectivity index (χ2n) is 7.89. The number of urea groups is 1. The average molecular weight is 485 g/mol. The summed E-state index contributed by atoms with van der Waals surface area (Å²) < 4.78 is 36.8. The molecule has 0 bridgehead atoms. The Kier molecular flexibility index (Phi) is 5.83. The van der Waals surface area contributed by atoms with Crippen molar-refractivity contribution < 1.29 is 28.1 Å². The van der Waals surface area contributed by atoms with E-state index in [-0.39, 0.29) is 17.4 Å². The van der Waals surface area contributed by atoms with Gasteiger partial charge in [0.1, 0.15) is 5.82 Å². The van der Waals surface area contributed by atoms with Crippen molar-refractivity contribution >= 4 is 23.3 Å². The summed E-state index contributed by atoms with van der Waals surface area (Å²) >= 11 is 6.47. The second kappa shape index (κ2) is 8.95. The maximum absolute atomic E-state index is 15.1. The van der Waals surface area contributed by atoms with E-state index in [0.29, 0.717) is 41.7 Å². The molecule has 0 radical (unpaired) electrons. The number of amides is 2. The molecule has 0 spiro atoms. The van der Waals surface area contributed by atoms with Crippen molar-refractivity contribution in [2.75, 3.05) is 32.9 Å². The minimum absolute atomic E-state index is 0.134. The number of benzene rings is 3. The molecule has 1 N–H and O–H groups in total.